The number of hydrogen-bond donors (Lipinski definition) is 2. The molecular formula is C11H17FN2. The van der Waals surface area contributed by atoms with Crippen LogP contribution in [0.3, 0.4) is 0 Å². The van der Waals surface area contributed by atoms with Crippen molar-refractivity contribution in [1.82, 2.24) is 5.32 Å². The highest BCUT2D eigenvalue weighted by Gasteiger charge is 2.03. The fourth-order valence-corrected chi connectivity index (χ4v) is 1.29. The molecule has 0 bridgehead atoms. The minimum atomic E-state index is -0.192. The predicted molar refractivity (Wildman–Crippen MR) is 56.5 cm³/mol. The first-order valence-electron chi connectivity index (χ1n) is 4.93. The molecule has 0 heterocycles. The van der Waals surface area contributed by atoms with Crippen LogP contribution >= 0.6 is 0 Å². The Morgan fingerprint density at radius 1 is 1.36 bits per heavy atom. The molecule has 0 aliphatic rings. The normalized spacial score (nSPS) is 12.8. The van der Waals surface area contributed by atoms with Crippen LogP contribution in [-0.2, 0) is 0 Å². The van der Waals surface area contributed by atoms with Gasteiger partial charge in [-0.3, -0.25) is 0 Å². The van der Waals surface area contributed by atoms with Crippen molar-refractivity contribution in [2.24, 2.45) is 5.73 Å². The van der Waals surface area contributed by atoms with Gasteiger partial charge in [-0.05, 0) is 44.1 Å². The molecular weight excluding hydrogens is 179 g/mol. The van der Waals surface area contributed by atoms with Gasteiger partial charge >= 0.3 is 0 Å². The first-order valence-corrected chi connectivity index (χ1v) is 4.93. The largest absolute Gasteiger partial charge is 0.330 e. The summed E-state index contributed by atoms with van der Waals surface area (Å²) in [5.74, 6) is -0.192. The van der Waals surface area contributed by atoms with Crippen LogP contribution in [0, 0.1) is 5.82 Å². The van der Waals surface area contributed by atoms with Gasteiger partial charge in [0.2, 0.25) is 0 Å². The summed E-state index contributed by atoms with van der Waals surface area (Å²) in [7, 11) is 0. The number of halogens is 1. The van der Waals surface area contributed by atoms with Crippen LogP contribution in [0.1, 0.15) is 24.9 Å². The van der Waals surface area contributed by atoms with Gasteiger partial charge in [-0.25, -0.2) is 4.39 Å². The summed E-state index contributed by atoms with van der Waals surface area (Å²) in [5, 5.41) is 3.32. The van der Waals surface area contributed by atoms with Gasteiger partial charge in [-0.15, -0.1) is 0 Å². The third kappa shape index (κ3) is 3.44. The van der Waals surface area contributed by atoms with Gasteiger partial charge in [0.05, 0.1) is 0 Å². The predicted octanol–water partition coefficient (Wildman–Crippen LogP) is 1.83. The molecule has 3 N–H and O–H groups in total. The second kappa shape index (κ2) is 5.73. The maximum atomic E-state index is 12.6. The van der Waals surface area contributed by atoms with Crippen molar-refractivity contribution in [3.05, 3.63) is 35.6 Å². The summed E-state index contributed by atoms with van der Waals surface area (Å²) in [5.41, 5.74) is 6.48. The number of nitrogens with two attached hydrogens (primary N) is 1. The molecule has 0 fully saturated rings. The average Bonchev–Trinajstić information content (AvgIpc) is 2.19. The van der Waals surface area contributed by atoms with Crippen LogP contribution in [0.4, 0.5) is 4.39 Å². The average molecular weight is 196 g/mol. The van der Waals surface area contributed by atoms with Crippen LogP contribution in [0.25, 0.3) is 0 Å². The second-order valence-electron chi connectivity index (χ2n) is 3.37. The van der Waals surface area contributed by atoms with E-state index < -0.39 is 0 Å². The van der Waals surface area contributed by atoms with E-state index in [0.29, 0.717) is 6.54 Å². The molecule has 1 rings (SSSR count). The Bertz CT molecular complexity index is 258. The molecule has 3 heteroatoms. The maximum Gasteiger partial charge on any atom is 0.123 e. The van der Waals surface area contributed by atoms with Gasteiger partial charge in [0, 0.05) is 6.04 Å². The second-order valence-corrected chi connectivity index (χ2v) is 3.37. The molecule has 1 aromatic rings. The molecule has 0 aromatic heterocycles. The summed E-state index contributed by atoms with van der Waals surface area (Å²) in [6.45, 7) is 3.65. The molecule has 14 heavy (non-hydrogen) atoms. The smallest absolute Gasteiger partial charge is 0.123 e. The number of hydrogen-bond acceptors (Lipinski definition) is 2. The Morgan fingerprint density at radius 2 is 2.00 bits per heavy atom. The van der Waals surface area contributed by atoms with E-state index in [-0.39, 0.29) is 11.9 Å². The van der Waals surface area contributed by atoms with Crippen molar-refractivity contribution in [1.29, 1.82) is 0 Å². The van der Waals surface area contributed by atoms with Gasteiger partial charge in [-0.1, -0.05) is 12.1 Å². The van der Waals surface area contributed by atoms with E-state index in [1.807, 2.05) is 0 Å². The third-order valence-electron chi connectivity index (χ3n) is 2.20. The standard InChI is InChI=1S/C11H17FN2/c1-9(14-8-2-7-13)10-3-5-11(12)6-4-10/h3-6,9,14H,2,7-8,13H2,1H3. The highest BCUT2D eigenvalue weighted by atomic mass is 19.1. The SMILES string of the molecule is CC(NCCCN)c1ccc(F)cc1. The molecule has 1 unspecified atom stereocenters. The van der Waals surface area contributed by atoms with Crippen molar-refractivity contribution >= 4 is 0 Å². The van der Waals surface area contributed by atoms with E-state index in [9.17, 15) is 4.39 Å². The topological polar surface area (TPSA) is 38.0 Å². The van der Waals surface area contributed by atoms with E-state index in [0.717, 1.165) is 18.5 Å². The first-order chi connectivity index (χ1) is 6.74. The third-order valence-corrected chi connectivity index (χ3v) is 2.20. The number of rotatable bonds is 5. The number of benzene rings is 1. The monoisotopic (exact) mass is 196 g/mol. The molecule has 78 valence electrons. The molecule has 0 aliphatic heterocycles. The lowest BCUT2D eigenvalue weighted by molar-refractivity contribution is 0.559. The molecule has 0 saturated heterocycles. The fourth-order valence-electron chi connectivity index (χ4n) is 1.29. The lowest BCUT2D eigenvalue weighted by Crippen LogP contribution is -2.21. The Labute approximate surface area is 84.3 Å². The van der Waals surface area contributed by atoms with Crippen molar-refractivity contribution in [3.8, 4) is 0 Å². The van der Waals surface area contributed by atoms with E-state index in [1.54, 1.807) is 12.1 Å². The molecule has 1 aromatic carbocycles. The Hall–Kier alpha value is -0.930. The van der Waals surface area contributed by atoms with Crippen LogP contribution in [-0.4, -0.2) is 13.1 Å². The Balaban J connectivity index is 2.43. The highest BCUT2D eigenvalue weighted by molar-refractivity contribution is 5.19. The van der Waals surface area contributed by atoms with Crippen molar-refractivity contribution in [2.45, 2.75) is 19.4 Å². The summed E-state index contributed by atoms with van der Waals surface area (Å²) in [6, 6.07) is 6.82. The number of nitrogens with one attached hydrogen (secondary N) is 1. The molecule has 0 aliphatic carbocycles. The van der Waals surface area contributed by atoms with E-state index in [2.05, 4.69) is 12.2 Å². The molecule has 0 saturated carbocycles. The lowest BCUT2D eigenvalue weighted by atomic mass is 10.1. The van der Waals surface area contributed by atoms with Crippen LogP contribution in [0.5, 0.6) is 0 Å². The quantitative estimate of drug-likeness (QED) is 0.705. The molecule has 0 spiro atoms. The molecule has 1 atom stereocenters. The summed E-state index contributed by atoms with van der Waals surface area (Å²) in [4.78, 5) is 0. The van der Waals surface area contributed by atoms with E-state index >= 15 is 0 Å². The van der Waals surface area contributed by atoms with E-state index in [1.165, 1.54) is 12.1 Å². The zero-order valence-corrected chi connectivity index (χ0v) is 8.46. The summed E-state index contributed by atoms with van der Waals surface area (Å²) >= 11 is 0. The van der Waals surface area contributed by atoms with Gasteiger partial charge < -0.3 is 11.1 Å². The van der Waals surface area contributed by atoms with Crippen LogP contribution in [0.2, 0.25) is 0 Å². The minimum absolute atomic E-state index is 0.192. The van der Waals surface area contributed by atoms with Gasteiger partial charge in [-0.2, -0.15) is 0 Å². The summed E-state index contributed by atoms with van der Waals surface area (Å²) in [6.07, 6.45) is 0.964. The Kier molecular flexibility index (Phi) is 4.56. The highest BCUT2D eigenvalue weighted by Crippen LogP contribution is 2.12. The fraction of sp³-hybridized carbons (Fsp3) is 0.455. The van der Waals surface area contributed by atoms with Crippen LogP contribution in [0.15, 0.2) is 24.3 Å². The zero-order valence-electron chi connectivity index (χ0n) is 8.46. The first kappa shape index (κ1) is 11.1. The van der Waals surface area contributed by atoms with Crippen molar-refractivity contribution < 1.29 is 4.39 Å². The summed E-state index contributed by atoms with van der Waals surface area (Å²) < 4.78 is 12.6. The van der Waals surface area contributed by atoms with Crippen molar-refractivity contribution in [2.75, 3.05) is 13.1 Å². The minimum Gasteiger partial charge on any atom is -0.330 e. The Morgan fingerprint density at radius 3 is 2.57 bits per heavy atom. The van der Waals surface area contributed by atoms with Gasteiger partial charge in [0.1, 0.15) is 5.82 Å². The maximum absolute atomic E-state index is 12.6. The molecule has 0 radical (unpaired) electrons. The van der Waals surface area contributed by atoms with Crippen molar-refractivity contribution in [3.63, 3.8) is 0 Å². The molecule has 0 amide bonds. The van der Waals surface area contributed by atoms with Gasteiger partial charge in [0.15, 0.2) is 0 Å². The molecule has 2 nitrogen and oxygen atoms in total. The van der Waals surface area contributed by atoms with Gasteiger partial charge in [0.25, 0.3) is 0 Å². The van der Waals surface area contributed by atoms with E-state index in [4.69, 9.17) is 5.73 Å². The zero-order chi connectivity index (χ0) is 10.4. The van der Waals surface area contributed by atoms with Crippen LogP contribution < -0.4 is 11.1 Å². The lowest BCUT2D eigenvalue weighted by Gasteiger charge is -2.13.